The summed E-state index contributed by atoms with van der Waals surface area (Å²) < 4.78 is 10.5. The Kier molecular flexibility index (Phi) is 7.06. The molecule has 2 aromatic rings. The zero-order valence-corrected chi connectivity index (χ0v) is 17.2. The van der Waals surface area contributed by atoms with Crippen LogP contribution in [-0.2, 0) is 14.3 Å². The Morgan fingerprint density at radius 1 is 0.833 bits per heavy atom. The highest BCUT2D eigenvalue weighted by Crippen LogP contribution is 2.37. The van der Waals surface area contributed by atoms with Crippen molar-refractivity contribution in [2.45, 2.75) is 32.4 Å². The molecule has 1 aliphatic heterocycles. The fraction of sp³-hybridized carbons (Fsp3) is 0.348. The van der Waals surface area contributed by atoms with Gasteiger partial charge in [0.25, 0.3) is 0 Å². The minimum Gasteiger partial charge on any atom is -0.450 e. The number of carbonyl (C=O) groups excluding carboxylic acids is 3. The van der Waals surface area contributed by atoms with Crippen molar-refractivity contribution >= 4 is 18.1 Å². The number of imide groups is 1. The van der Waals surface area contributed by atoms with E-state index in [9.17, 15) is 14.4 Å². The van der Waals surface area contributed by atoms with Crippen molar-refractivity contribution in [3.05, 3.63) is 71.8 Å². The Morgan fingerprint density at radius 3 is 1.87 bits per heavy atom. The highest BCUT2D eigenvalue weighted by Gasteiger charge is 2.42. The second-order valence-electron chi connectivity index (χ2n) is 6.87. The summed E-state index contributed by atoms with van der Waals surface area (Å²) in [6.45, 7) is 3.77. The van der Waals surface area contributed by atoms with Crippen molar-refractivity contribution < 1.29 is 23.9 Å². The van der Waals surface area contributed by atoms with Crippen molar-refractivity contribution in [1.29, 1.82) is 0 Å². The average Bonchev–Trinajstić information content (AvgIpc) is 2.92. The molecule has 7 nitrogen and oxygen atoms in total. The summed E-state index contributed by atoms with van der Waals surface area (Å²) >= 11 is 0. The van der Waals surface area contributed by atoms with Gasteiger partial charge in [-0.05, 0) is 25.0 Å². The van der Waals surface area contributed by atoms with Gasteiger partial charge in [-0.1, -0.05) is 60.7 Å². The molecule has 1 saturated heterocycles. The van der Waals surface area contributed by atoms with Gasteiger partial charge in [-0.25, -0.2) is 14.5 Å². The molecule has 2 atom stereocenters. The third-order valence-electron chi connectivity index (χ3n) is 5.03. The summed E-state index contributed by atoms with van der Waals surface area (Å²) in [6.07, 6.45) is -1.29. The molecule has 158 valence electrons. The molecule has 3 amide bonds. The SMILES string of the molecule is CCOC(=O)N1C[C@@H](c2ccccc2)N(C(=O)OCC)[C@@H](c2ccccc2)CC1=O. The second kappa shape index (κ2) is 9.91. The van der Waals surface area contributed by atoms with Crippen LogP contribution >= 0.6 is 0 Å². The number of benzene rings is 2. The van der Waals surface area contributed by atoms with E-state index in [-0.39, 0.29) is 26.2 Å². The van der Waals surface area contributed by atoms with Gasteiger partial charge in [0.1, 0.15) is 0 Å². The van der Waals surface area contributed by atoms with E-state index in [0.717, 1.165) is 16.0 Å². The maximum Gasteiger partial charge on any atom is 0.416 e. The molecule has 0 aromatic heterocycles. The molecule has 7 heteroatoms. The van der Waals surface area contributed by atoms with Gasteiger partial charge < -0.3 is 9.47 Å². The van der Waals surface area contributed by atoms with Gasteiger partial charge in [0.2, 0.25) is 5.91 Å². The van der Waals surface area contributed by atoms with E-state index >= 15 is 0 Å². The van der Waals surface area contributed by atoms with E-state index in [4.69, 9.17) is 9.47 Å². The highest BCUT2D eigenvalue weighted by molar-refractivity contribution is 5.93. The number of hydrogen-bond donors (Lipinski definition) is 0. The second-order valence-corrected chi connectivity index (χ2v) is 6.87. The Morgan fingerprint density at radius 2 is 1.33 bits per heavy atom. The zero-order chi connectivity index (χ0) is 21.5. The zero-order valence-electron chi connectivity index (χ0n) is 17.2. The van der Waals surface area contributed by atoms with Crippen LogP contribution < -0.4 is 0 Å². The molecule has 0 spiro atoms. The molecule has 1 aliphatic rings. The van der Waals surface area contributed by atoms with Crippen LogP contribution in [0, 0.1) is 0 Å². The molecule has 0 unspecified atom stereocenters. The Balaban J connectivity index is 2.12. The lowest BCUT2D eigenvalue weighted by Crippen LogP contribution is -2.42. The van der Waals surface area contributed by atoms with Crippen molar-refractivity contribution in [3.63, 3.8) is 0 Å². The number of amides is 3. The van der Waals surface area contributed by atoms with E-state index < -0.39 is 30.2 Å². The van der Waals surface area contributed by atoms with Crippen LogP contribution in [0.25, 0.3) is 0 Å². The van der Waals surface area contributed by atoms with Crippen molar-refractivity contribution in [2.75, 3.05) is 19.8 Å². The fourth-order valence-corrected chi connectivity index (χ4v) is 3.68. The largest absolute Gasteiger partial charge is 0.450 e. The first kappa shape index (κ1) is 21.4. The van der Waals surface area contributed by atoms with Crippen molar-refractivity contribution in [2.24, 2.45) is 0 Å². The third-order valence-corrected chi connectivity index (χ3v) is 5.03. The summed E-state index contributed by atoms with van der Waals surface area (Å²) in [4.78, 5) is 41.3. The summed E-state index contributed by atoms with van der Waals surface area (Å²) in [7, 11) is 0. The van der Waals surface area contributed by atoms with Gasteiger partial charge in [0.15, 0.2) is 0 Å². The average molecular weight is 410 g/mol. The Hall–Kier alpha value is -3.35. The lowest BCUT2D eigenvalue weighted by atomic mass is 9.98. The number of rotatable bonds is 4. The van der Waals surface area contributed by atoms with Crippen LogP contribution in [0.3, 0.4) is 0 Å². The van der Waals surface area contributed by atoms with Crippen LogP contribution in [0.5, 0.6) is 0 Å². The molecule has 30 heavy (non-hydrogen) atoms. The lowest BCUT2D eigenvalue weighted by Gasteiger charge is -2.35. The Bertz CT molecular complexity index is 872. The molecule has 0 bridgehead atoms. The third kappa shape index (κ3) is 4.62. The molecule has 0 saturated carbocycles. The first-order valence-electron chi connectivity index (χ1n) is 10.1. The monoisotopic (exact) mass is 410 g/mol. The lowest BCUT2D eigenvalue weighted by molar-refractivity contribution is -0.129. The summed E-state index contributed by atoms with van der Waals surface area (Å²) in [5.74, 6) is -0.393. The molecular formula is C23H26N2O5. The fourth-order valence-electron chi connectivity index (χ4n) is 3.68. The van der Waals surface area contributed by atoms with E-state index in [1.807, 2.05) is 60.7 Å². The summed E-state index contributed by atoms with van der Waals surface area (Å²) in [6, 6.07) is 17.5. The first-order chi connectivity index (χ1) is 14.6. The quantitative estimate of drug-likeness (QED) is 0.750. The highest BCUT2D eigenvalue weighted by atomic mass is 16.6. The van der Waals surface area contributed by atoms with Gasteiger partial charge in [-0.2, -0.15) is 0 Å². The molecule has 1 heterocycles. The predicted molar refractivity (Wildman–Crippen MR) is 111 cm³/mol. The van der Waals surface area contributed by atoms with Gasteiger partial charge in [0.05, 0.1) is 38.3 Å². The van der Waals surface area contributed by atoms with Gasteiger partial charge in [-0.15, -0.1) is 0 Å². The van der Waals surface area contributed by atoms with Crippen molar-refractivity contribution in [3.8, 4) is 0 Å². The van der Waals surface area contributed by atoms with E-state index in [0.29, 0.717) is 0 Å². The number of ether oxygens (including phenoxy) is 2. The number of nitrogens with zero attached hydrogens (tertiary/aromatic N) is 2. The molecule has 2 aromatic carbocycles. The molecule has 0 N–H and O–H groups in total. The predicted octanol–water partition coefficient (Wildman–Crippen LogP) is 4.32. The number of carbonyl (C=O) groups is 3. The topological polar surface area (TPSA) is 76.2 Å². The minimum absolute atomic E-state index is 0.0101. The van der Waals surface area contributed by atoms with Crippen LogP contribution in [0.15, 0.2) is 60.7 Å². The molecule has 1 fully saturated rings. The van der Waals surface area contributed by atoms with Gasteiger partial charge in [-0.3, -0.25) is 9.69 Å². The molecular weight excluding hydrogens is 384 g/mol. The maximum absolute atomic E-state index is 13.1. The Labute approximate surface area is 176 Å². The normalized spacial score (nSPS) is 19.2. The minimum atomic E-state index is -0.707. The van der Waals surface area contributed by atoms with E-state index in [1.165, 1.54) is 0 Å². The van der Waals surface area contributed by atoms with Gasteiger partial charge in [0, 0.05) is 0 Å². The standard InChI is InChI=1S/C23H26N2O5/c1-3-29-22(27)24-16-20(18-13-9-6-10-14-18)25(23(28)30-4-2)19(15-21(24)26)17-11-7-5-8-12-17/h5-14,19-20H,3-4,15-16H2,1-2H3/t19-,20+/m1/s1. The maximum atomic E-state index is 13.1. The van der Waals surface area contributed by atoms with Gasteiger partial charge >= 0.3 is 12.2 Å². The van der Waals surface area contributed by atoms with Crippen LogP contribution in [-0.4, -0.2) is 47.7 Å². The first-order valence-corrected chi connectivity index (χ1v) is 10.1. The summed E-state index contributed by atoms with van der Waals surface area (Å²) in [5, 5.41) is 0. The molecule has 3 rings (SSSR count). The smallest absolute Gasteiger partial charge is 0.416 e. The number of hydrogen-bond acceptors (Lipinski definition) is 5. The molecule has 0 aliphatic carbocycles. The van der Waals surface area contributed by atoms with E-state index in [2.05, 4.69) is 0 Å². The van der Waals surface area contributed by atoms with Crippen LogP contribution in [0.4, 0.5) is 9.59 Å². The van der Waals surface area contributed by atoms with Crippen LogP contribution in [0.1, 0.15) is 43.5 Å². The van der Waals surface area contributed by atoms with Crippen molar-refractivity contribution in [1.82, 2.24) is 9.80 Å². The van der Waals surface area contributed by atoms with Crippen LogP contribution in [0.2, 0.25) is 0 Å². The molecule has 0 radical (unpaired) electrons. The summed E-state index contributed by atoms with van der Waals surface area (Å²) in [5.41, 5.74) is 1.60. The van der Waals surface area contributed by atoms with E-state index in [1.54, 1.807) is 18.7 Å².